The molecule has 0 bridgehead atoms. The van der Waals surface area contributed by atoms with Gasteiger partial charge in [-0.15, -0.1) is 5.10 Å². The van der Waals surface area contributed by atoms with Crippen LogP contribution in [0.1, 0.15) is 17.3 Å². The Morgan fingerprint density at radius 1 is 1.26 bits per heavy atom. The smallest absolute Gasteiger partial charge is 0.264 e. The number of anilines is 1. The first-order valence-electron chi connectivity index (χ1n) is 5.26. The molecule has 0 aliphatic carbocycles. The molecular weight excluding hydrogens is 268 g/mol. The molecule has 1 heterocycles. The number of hydrogen-bond donors (Lipinski definition) is 1. The Bertz CT molecular complexity index is 701. The van der Waals surface area contributed by atoms with Crippen molar-refractivity contribution in [2.24, 2.45) is 0 Å². The van der Waals surface area contributed by atoms with E-state index in [-0.39, 0.29) is 16.6 Å². The SMILES string of the molecule is CC(=O)c1cccc(S(=O)(=O)Nc2nccnn2)c1. The first-order chi connectivity index (χ1) is 8.99. The molecule has 0 aliphatic rings. The van der Waals surface area contributed by atoms with Gasteiger partial charge in [0.1, 0.15) is 0 Å². The summed E-state index contributed by atoms with van der Waals surface area (Å²) >= 11 is 0. The molecule has 8 heteroatoms. The van der Waals surface area contributed by atoms with Crippen LogP contribution in [0, 0.1) is 0 Å². The van der Waals surface area contributed by atoms with Crippen molar-refractivity contribution < 1.29 is 13.2 Å². The van der Waals surface area contributed by atoms with Gasteiger partial charge in [0.15, 0.2) is 5.78 Å². The van der Waals surface area contributed by atoms with Crippen LogP contribution in [0.2, 0.25) is 0 Å². The predicted octanol–water partition coefficient (Wildman–Crippen LogP) is 0.875. The third kappa shape index (κ3) is 3.10. The van der Waals surface area contributed by atoms with Gasteiger partial charge in [0, 0.05) is 5.56 Å². The van der Waals surface area contributed by atoms with Gasteiger partial charge in [0.25, 0.3) is 16.0 Å². The lowest BCUT2D eigenvalue weighted by atomic mass is 10.2. The summed E-state index contributed by atoms with van der Waals surface area (Å²) in [5, 5.41) is 7.04. The first-order valence-corrected chi connectivity index (χ1v) is 6.75. The van der Waals surface area contributed by atoms with Gasteiger partial charge >= 0.3 is 0 Å². The van der Waals surface area contributed by atoms with Crippen LogP contribution in [0.15, 0.2) is 41.6 Å². The molecule has 0 saturated heterocycles. The number of Topliss-reactive ketones (excluding diaryl/α,β-unsaturated/α-hetero) is 1. The molecule has 0 aliphatic heterocycles. The number of rotatable bonds is 4. The van der Waals surface area contributed by atoms with Crippen molar-refractivity contribution in [2.45, 2.75) is 11.8 Å². The number of ketones is 1. The number of carbonyl (C=O) groups excluding carboxylic acids is 1. The van der Waals surface area contributed by atoms with E-state index in [4.69, 9.17) is 0 Å². The number of aromatic nitrogens is 3. The third-order valence-electron chi connectivity index (χ3n) is 2.26. The molecule has 1 aromatic heterocycles. The lowest BCUT2D eigenvalue weighted by molar-refractivity contribution is 0.101. The molecule has 98 valence electrons. The van der Waals surface area contributed by atoms with Crippen molar-refractivity contribution in [3.63, 3.8) is 0 Å². The van der Waals surface area contributed by atoms with Crippen molar-refractivity contribution in [2.75, 3.05) is 4.72 Å². The quantitative estimate of drug-likeness (QED) is 0.833. The molecule has 7 nitrogen and oxygen atoms in total. The van der Waals surface area contributed by atoms with Gasteiger partial charge in [0.05, 0.1) is 17.3 Å². The lowest BCUT2D eigenvalue weighted by Gasteiger charge is -2.06. The summed E-state index contributed by atoms with van der Waals surface area (Å²) in [6.45, 7) is 1.36. The van der Waals surface area contributed by atoms with Crippen LogP contribution in [0.3, 0.4) is 0 Å². The Kier molecular flexibility index (Phi) is 3.52. The number of nitrogens with one attached hydrogen (secondary N) is 1. The van der Waals surface area contributed by atoms with Crippen molar-refractivity contribution in [3.05, 3.63) is 42.2 Å². The summed E-state index contributed by atoms with van der Waals surface area (Å²) in [6.07, 6.45) is 2.64. The van der Waals surface area contributed by atoms with E-state index in [1.807, 2.05) is 0 Å². The zero-order valence-corrected chi connectivity index (χ0v) is 10.8. The van der Waals surface area contributed by atoms with E-state index in [9.17, 15) is 13.2 Å². The molecule has 2 aromatic rings. The van der Waals surface area contributed by atoms with Gasteiger partial charge in [-0.2, -0.15) is 5.10 Å². The summed E-state index contributed by atoms with van der Waals surface area (Å²) in [5.74, 6) is -0.342. The lowest BCUT2D eigenvalue weighted by Crippen LogP contribution is -2.15. The summed E-state index contributed by atoms with van der Waals surface area (Å²) in [5.41, 5.74) is 0.315. The van der Waals surface area contributed by atoms with Crippen LogP contribution in [0.5, 0.6) is 0 Å². The number of nitrogens with zero attached hydrogens (tertiary/aromatic N) is 3. The van der Waals surface area contributed by atoms with Crippen molar-refractivity contribution in [3.8, 4) is 0 Å². The summed E-state index contributed by atoms with van der Waals surface area (Å²) < 4.78 is 26.3. The van der Waals surface area contributed by atoms with E-state index in [2.05, 4.69) is 19.9 Å². The van der Waals surface area contributed by atoms with Crippen LogP contribution in [0.4, 0.5) is 5.95 Å². The zero-order valence-electron chi connectivity index (χ0n) is 9.94. The van der Waals surface area contributed by atoms with Crippen molar-refractivity contribution in [1.82, 2.24) is 15.2 Å². The highest BCUT2D eigenvalue weighted by atomic mass is 32.2. The average Bonchev–Trinajstić information content (AvgIpc) is 2.39. The third-order valence-corrected chi connectivity index (χ3v) is 3.58. The van der Waals surface area contributed by atoms with Gasteiger partial charge < -0.3 is 0 Å². The molecule has 0 saturated carbocycles. The average molecular weight is 278 g/mol. The number of sulfonamides is 1. The maximum atomic E-state index is 12.0. The maximum Gasteiger partial charge on any atom is 0.264 e. The van der Waals surface area contributed by atoms with Gasteiger partial charge in [-0.1, -0.05) is 12.1 Å². The van der Waals surface area contributed by atoms with Gasteiger partial charge in [-0.05, 0) is 19.1 Å². The molecule has 0 amide bonds. The Morgan fingerprint density at radius 3 is 2.68 bits per heavy atom. The van der Waals surface area contributed by atoms with Crippen LogP contribution >= 0.6 is 0 Å². The largest absolute Gasteiger partial charge is 0.295 e. The fourth-order valence-corrected chi connectivity index (χ4v) is 2.35. The number of benzene rings is 1. The summed E-state index contributed by atoms with van der Waals surface area (Å²) in [6, 6.07) is 5.71. The fraction of sp³-hybridized carbons (Fsp3) is 0.0909. The molecule has 0 radical (unpaired) electrons. The minimum atomic E-state index is -3.84. The second kappa shape index (κ2) is 5.11. The Balaban J connectivity index is 2.35. The molecule has 0 unspecified atom stereocenters. The normalized spacial score (nSPS) is 11.0. The number of carbonyl (C=O) groups is 1. The number of hydrogen-bond acceptors (Lipinski definition) is 6. The first kappa shape index (κ1) is 13.1. The van der Waals surface area contributed by atoms with E-state index in [1.54, 1.807) is 6.07 Å². The molecule has 1 aromatic carbocycles. The van der Waals surface area contributed by atoms with Gasteiger partial charge in [-0.25, -0.2) is 18.1 Å². The van der Waals surface area contributed by atoms with Crippen LogP contribution < -0.4 is 4.72 Å². The van der Waals surface area contributed by atoms with Crippen LogP contribution in [-0.2, 0) is 10.0 Å². The Morgan fingerprint density at radius 2 is 2.05 bits per heavy atom. The van der Waals surface area contributed by atoms with E-state index >= 15 is 0 Å². The van der Waals surface area contributed by atoms with Gasteiger partial charge in [0.2, 0.25) is 0 Å². The molecule has 2 rings (SSSR count). The zero-order chi connectivity index (χ0) is 13.9. The van der Waals surface area contributed by atoms with Crippen LogP contribution in [0.25, 0.3) is 0 Å². The molecular formula is C11H10N4O3S. The minimum Gasteiger partial charge on any atom is -0.295 e. The standard InChI is InChI=1S/C11H10N4O3S/c1-8(16)9-3-2-4-10(7-9)19(17,18)15-11-12-5-6-13-14-11/h2-7H,1H3,(H,12,14,15). The topological polar surface area (TPSA) is 102 Å². The molecule has 0 atom stereocenters. The fourth-order valence-electron chi connectivity index (χ4n) is 1.36. The second-order valence-corrected chi connectivity index (χ2v) is 5.34. The molecule has 0 fully saturated rings. The predicted molar refractivity (Wildman–Crippen MR) is 67.1 cm³/mol. The monoisotopic (exact) mass is 278 g/mol. The Labute approximate surface area is 109 Å². The highest BCUT2D eigenvalue weighted by Crippen LogP contribution is 2.14. The molecule has 1 N–H and O–H groups in total. The van der Waals surface area contributed by atoms with Crippen molar-refractivity contribution >= 4 is 21.8 Å². The van der Waals surface area contributed by atoms with E-state index in [0.29, 0.717) is 5.56 Å². The highest BCUT2D eigenvalue weighted by molar-refractivity contribution is 7.92. The summed E-state index contributed by atoms with van der Waals surface area (Å²) in [7, 11) is -3.84. The summed E-state index contributed by atoms with van der Waals surface area (Å²) in [4.78, 5) is 14.9. The molecule has 19 heavy (non-hydrogen) atoms. The van der Waals surface area contributed by atoms with Gasteiger partial charge in [-0.3, -0.25) is 4.79 Å². The van der Waals surface area contributed by atoms with E-state index < -0.39 is 10.0 Å². The van der Waals surface area contributed by atoms with E-state index in [1.165, 1.54) is 37.5 Å². The maximum absolute atomic E-state index is 12.0. The van der Waals surface area contributed by atoms with Crippen LogP contribution in [-0.4, -0.2) is 29.4 Å². The van der Waals surface area contributed by atoms with E-state index in [0.717, 1.165) is 0 Å². The van der Waals surface area contributed by atoms with Crippen molar-refractivity contribution in [1.29, 1.82) is 0 Å². The highest BCUT2D eigenvalue weighted by Gasteiger charge is 2.16. The Hall–Kier alpha value is -2.35. The second-order valence-electron chi connectivity index (χ2n) is 3.66. The minimum absolute atomic E-state index is 0.0346. The molecule has 0 spiro atoms.